The highest BCUT2D eigenvalue weighted by atomic mass is 31.2. The Bertz CT molecular complexity index is 1020. The van der Waals surface area contributed by atoms with E-state index >= 15 is 0 Å². The Morgan fingerprint density at radius 1 is 1.13 bits per heavy atom. The van der Waals surface area contributed by atoms with Crippen molar-refractivity contribution in [3.8, 4) is 5.75 Å². The summed E-state index contributed by atoms with van der Waals surface area (Å²) in [6.07, 6.45) is -5.76. The Morgan fingerprint density at radius 3 is 2.26 bits per heavy atom. The third kappa shape index (κ3) is 8.82. The van der Waals surface area contributed by atoms with Crippen LogP contribution in [0.2, 0.25) is 0 Å². The number of ether oxygens (including phenoxy) is 1. The molecule has 214 valence electrons. The largest absolute Gasteiger partial charge is 0.497 e. The summed E-state index contributed by atoms with van der Waals surface area (Å²) in [4.78, 5) is 46.6. The van der Waals surface area contributed by atoms with Gasteiger partial charge in [0.1, 0.15) is 5.75 Å². The van der Waals surface area contributed by atoms with Gasteiger partial charge in [0.05, 0.1) is 50.8 Å². The van der Waals surface area contributed by atoms with Gasteiger partial charge >= 0.3 is 13.6 Å². The third-order valence-electron chi connectivity index (χ3n) is 6.20. The second-order valence-corrected chi connectivity index (χ2v) is 11.3. The number of benzene rings is 1. The fraction of sp³-hybridized carbons (Fsp3) is 0.609. The zero-order valence-corrected chi connectivity index (χ0v) is 21.9. The molecule has 2 rings (SSSR count). The van der Waals surface area contributed by atoms with Gasteiger partial charge in [0.25, 0.3) is 0 Å². The van der Waals surface area contributed by atoms with Crippen LogP contribution in [0, 0.1) is 0 Å². The summed E-state index contributed by atoms with van der Waals surface area (Å²) < 4.78 is 22.4. The number of nitrogens with one attached hydrogen (secondary N) is 2. The number of rotatable bonds is 15. The molecule has 1 aromatic rings. The molecule has 2 unspecified atom stereocenters. The SMILES string of the molecule is COc1ccc(C(=O)CCC(=O)NC(C)(COP(=O)(O)C[C@H](O)C[C@H]2N[C@H](CO)[C@@H](O)[C@@H]2O)C(=O)O)cc1. The highest BCUT2D eigenvalue weighted by molar-refractivity contribution is 7.52. The first-order valence-corrected chi connectivity index (χ1v) is 13.6. The Kier molecular flexibility index (Phi) is 11.4. The number of carboxylic acid groups (broad SMARTS) is 1. The lowest BCUT2D eigenvalue weighted by atomic mass is 10.0. The molecule has 38 heavy (non-hydrogen) atoms. The number of ketones is 1. The molecule has 1 heterocycles. The van der Waals surface area contributed by atoms with Gasteiger partial charge < -0.3 is 50.3 Å². The van der Waals surface area contributed by atoms with Gasteiger partial charge in [-0.3, -0.25) is 14.2 Å². The summed E-state index contributed by atoms with van der Waals surface area (Å²) in [5.41, 5.74) is -1.78. The second-order valence-electron chi connectivity index (χ2n) is 9.36. The molecule has 0 aromatic heterocycles. The highest BCUT2D eigenvalue weighted by Gasteiger charge is 2.43. The molecule has 8 N–H and O–H groups in total. The third-order valence-corrected chi connectivity index (χ3v) is 7.62. The summed E-state index contributed by atoms with van der Waals surface area (Å²) in [5, 5.41) is 53.7. The predicted molar refractivity (Wildman–Crippen MR) is 132 cm³/mol. The lowest BCUT2D eigenvalue weighted by molar-refractivity contribution is -0.148. The van der Waals surface area contributed by atoms with Crippen LogP contribution >= 0.6 is 7.60 Å². The number of Topliss-reactive ketones (excluding diaryl/α,β-unsaturated/α-hetero) is 1. The summed E-state index contributed by atoms with van der Waals surface area (Å²) in [6.45, 7) is -0.331. The van der Waals surface area contributed by atoms with Gasteiger partial charge in [0.2, 0.25) is 5.91 Å². The van der Waals surface area contributed by atoms with E-state index in [-0.39, 0.29) is 25.0 Å². The monoisotopic (exact) mass is 562 g/mol. The molecule has 0 radical (unpaired) electrons. The standard InChI is InChI=1S/C23H35N2O12P/c1-23(22(32)33,25-19(29)8-7-18(28)13-3-5-15(36-2)6-4-13)12-37-38(34,35)11-14(27)9-16-20(30)21(31)17(10-26)24-16/h3-6,14,16-17,20-21,24,26-27,30-31H,7-12H2,1-2H3,(H,25,29)(H,32,33)(H,34,35)/t14-,16-,17-,20-,21-,23?/m1/s1. The summed E-state index contributed by atoms with van der Waals surface area (Å²) in [6, 6.07) is 4.51. The molecule has 0 aliphatic carbocycles. The molecule has 7 atom stereocenters. The van der Waals surface area contributed by atoms with Crippen molar-refractivity contribution >= 4 is 25.3 Å². The fourth-order valence-electron chi connectivity index (χ4n) is 3.90. The van der Waals surface area contributed by atoms with Crippen LogP contribution in [0.3, 0.4) is 0 Å². The number of carboxylic acids is 1. The lowest BCUT2D eigenvalue weighted by Crippen LogP contribution is -2.55. The molecule has 0 bridgehead atoms. The van der Waals surface area contributed by atoms with Gasteiger partial charge in [0.15, 0.2) is 11.3 Å². The molecule has 1 fully saturated rings. The molecule has 1 aliphatic rings. The number of hydrogen-bond donors (Lipinski definition) is 8. The Balaban J connectivity index is 1.88. The first-order valence-electron chi connectivity index (χ1n) is 11.8. The molecule has 1 aliphatic heterocycles. The number of methoxy groups -OCH3 is 1. The number of carbonyl (C=O) groups is 3. The zero-order chi connectivity index (χ0) is 28.7. The van der Waals surface area contributed by atoms with Crippen molar-refractivity contribution in [2.45, 2.75) is 62.1 Å². The fourth-order valence-corrected chi connectivity index (χ4v) is 5.15. The average Bonchev–Trinajstić information content (AvgIpc) is 3.13. The minimum absolute atomic E-state index is 0.216. The van der Waals surface area contributed by atoms with Gasteiger partial charge in [0, 0.05) is 24.4 Å². The smallest absolute Gasteiger partial charge is 0.331 e. The second kappa shape index (κ2) is 13.6. The van der Waals surface area contributed by atoms with E-state index < -0.39 is 74.8 Å². The van der Waals surface area contributed by atoms with Gasteiger partial charge in [-0.2, -0.15) is 0 Å². The van der Waals surface area contributed by atoms with Crippen molar-refractivity contribution in [2.75, 3.05) is 26.5 Å². The molecular formula is C23H35N2O12P. The van der Waals surface area contributed by atoms with E-state index in [4.69, 9.17) is 9.26 Å². The van der Waals surface area contributed by atoms with Crippen molar-refractivity contribution in [3.05, 3.63) is 29.8 Å². The minimum Gasteiger partial charge on any atom is -0.497 e. The van der Waals surface area contributed by atoms with Crippen molar-refractivity contribution in [2.24, 2.45) is 0 Å². The Labute approximate surface area is 219 Å². The van der Waals surface area contributed by atoms with Crippen LogP contribution < -0.4 is 15.4 Å². The first kappa shape index (κ1) is 31.8. The quantitative estimate of drug-likeness (QED) is 0.0911. The summed E-state index contributed by atoms with van der Waals surface area (Å²) >= 11 is 0. The molecule has 1 amide bonds. The van der Waals surface area contributed by atoms with Crippen molar-refractivity contribution < 1.29 is 58.6 Å². The summed E-state index contributed by atoms with van der Waals surface area (Å²) in [7, 11) is -3.10. The number of aliphatic hydroxyl groups excluding tert-OH is 4. The Hall–Kier alpha value is -2.42. The number of hydrogen-bond acceptors (Lipinski definition) is 11. The lowest BCUT2D eigenvalue weighted by Gasteiger charge is -2.28. The number of aliphatic hydroxyl groups is 4. The van der Waals surface area contributed by atoms with E-state index in [0.717, 1.165) is 6.92 Å². The van der Waals surface area contributed by atoms with Crippen molar-refractivity contribution in [1.82, 2.24) is 10.6 Å². The molecule has 1 saturated heterocycles. The predicted octanol–water partition coefficient (Wildman–Crippen LogP) is -1.37. The van der Waals surface area contributed by atoms with E-state index in [1.165, 1.54) is 19.2 Å². The highest BCUT2D eigenvalue weighted by Crippen LogP contribution is 2.44. The maximum atomic E-state index is 12.5. The maximum Gasteiger partial charge on any atom is 0.331 e. The normalized spacial score (nSPS) is 25.1. The van der Waals surface area contributed by atoms with Gasteiger partial charge in [-0.1, -0.05) is 0 Å². The van der Waals surface area contributed by atoms with E-state index in [1.807, 2.05) is 0 Å². The molecule has 0 spiro atoms. The summed E-state index contributed by atoms with van der Waals surface area (Å²) in [5.74, 6) is -2.17. The zero-order valence-electron chi connectivity index (χ0n) is 21.0. The van der Waals surface area contributed by atoms with E-state index in [9.17, 15) is 49.4 Å². The maximum absolute atomic E-state index is 12.5. The number of amides is 1. The first-order chi connectivity index (χ1) is 17.7. The van der Waals surface area contributed by atoms with Crippen LogP contribution in [0.15, 0.2) is 24.3 Å². The van der Waals surface area contributed by atoms with Gasteiger partial charge in [-0.05, 0) is 37.6 Å². The number of carbonyl (C=O) groups excluding carboxylic acids is 2. The van der Waals surface area contributed by atoms with Crippen molar-refractivity contribution in [1.29, 1.82) is 0 Å². The molecule has 15 heteroatoms. The van der Waals surface area contributed by atoms with E-state index in [2.05, 4.69) is 10.6 Å². The minimum atomic E-state index is -4.57. The van der Waals surface area contributed by atoms with E-state index in [1.54, 1.807) is 12.1 Å². The van der Waals surface area contributed by atoms with Crippen LogP contribution in [0.1, 0.15) is 36.5 Å². The molecule has 0 saturated carbocycles. The number of aliphatic carboxylic acids is 1. The topological polar surface area (TPSA) is 232 Å². The van der Waals surface area contributed by atoms with Crippen molar-refractivity contribution in [3.63, 3.8) is 0 Å². The van der Waals surface area contributed by atoms with Crippen LogP contribution in [0.5, 0.6) is 5.75 Å². The van der Waals surface area contributed by atoms with Gasteiger partial charge in [-0.25, -0.2) is 4.79 Å². The van der Waals surface area contributed by atoms with Crippen LogP contribution in [0.4, 0.5) is 0 Å². The molecule has 1 aromatic carbocycles. The van der Waals surface area contributed by atoms with Crippen LogP contribution in [-0.2, 0) is 18.7 Å². The van der Waals surface area contributed by atoms with Crippen LogP contribution in [0.25, 0.3) is 0 Å². The van der Waals surface area contributed by atoms with Gasteiger partial charge in [-0.15, -0.1) is 0 Å². The Morgan fingerprint density at radius 2 is 1.74 bits per heavy atom. The van der Waals surface area contributed by atoms with Crippen LogP contribution in [-0.4, -0.2) is 111 Å². The van der Waals surface area contributed by atoms with E-state index in [0.29, 0.717) is 11.3 Å². The average molecular weight is 563 g/mol. The molecule has 14 nitrogen and oxygen atoms in total. The molecular weight excluding hydrogens is 527 g/mol.